The van der Waals surface area contributed by atoms with Crippen molar-refractivity contribution in [3.63, 3.8) is 0 Å². The molecule has 0 aromatic carbocycles. The molecule has 120 valence electrons. The van der Waals surface area contributed by atoms with E-state index in [1.165, 1.54) is 0 Å². The maximum absolute atomic E-state index is 12.2. The minimum atomic E-state index is -0.0689. The minimum absolute atomic E-state index is 0.0155. The third-order valence-corrected chi connectivity index (χ3v) is 5.01. The van der Waals surface area contributed by atoms with Crippen molar-refractivity contribution in [1.82, 2.24) is 19.9 Å². The molecule has 1 atom stereocenters. The fraction of sp³-hybridized carbons (Fsp3) is 0.500. The summed E-state index contributed by atoms with van der Waals surface area (Å²) in [7, 11) is 0. The van der Waals surface area contributed by atoms with Crippen molar-refractivity contribution in [3.8, 4) is 0 Å². The number of nitrogen functional groups attached to an aromatic ring is 1. The molecule has 0 radical (unpaired) electrons. The van der Waals surface area contributed by atoms with Crippen LogP contribution in [0.2, 0.25) is 0 Å². The maximum atomic E-state index is 12.2. The lowest BCUT2D eigenvalue weighted by Gasteiger charge is -2.40. The van der Waals surface area contributed by atoms with Crippen LogP contribution in [0.25, 0.3) is 0 Å². The average Bonchev–Trinajstić information content (AvgIpc) is 2.86. The van der Waals surface area contributed by atoms with Crippen LogP contribution in [-0.4, -0.2) is 33.0 Å². The molecule has 0 saturated carbocycles. The number of aromatic nitrogens is 4. The van der Waals surface area contributed by atoms with Gasteiger partial charge < -0.3 is 15.6 Å². The summed E-state index contributed by atoms with van der Waals surface area (Å²) in [5.74, 6) is 1.83. The Balaban J connectivity index is 1.73. The van der Waals surface area contributed by atoms with E-state index < -0.39 is 0 Å². The van der Waals surface area contributed by atoms with Crippen molar-refractivity contribution in [2.75, 3.05) is 23.7 Å². The Morgan fingerprint density at radius 2 is 2.22 bits per heavy atom. The number of piperidine rings is 1. The van der Waals surface area contributed by atoms with Crippen LogP contribution in [0.1, 0.15) is 36.3 Å². The lowest BCUT2D eigenvalue weighted by Crippen LogP contribution is -2.46. The highest BCUT2D eigenvalue weighted by Crippen LogP contribution is 2.43. The van der Waals surface area contributed by atoms with Crippen LogP contribution in [0.5, 0.6) is 0 Å². The zero-order valence-corrected chi connectivity index (χ0v) is 13.2. The first-order chi connectivity index (χ1) is 11.1. The summed E-state index contributed by atoms with van der Waals surface area (Å²) in [5.41, 5.74) is 7.57. The van der Waals surface area contributed by atoms with E-state index in [1.54, 1.807) is 12.3 Å². The molecule has 3 heterocycles. The number of hydrogen-bond acceptors (Lipinski definition) is 6. The van der Waals surface area contributed by atoms with Crippen molar-refractivity contribution < 1.29 is 0 Å². The Bertz CT molecular complexity index is 816. The molecule has 1 spiro atoms. The monoisotopic (exact) mass is 312 g/mol. The van der Waals surface area contributed by atoms with Gasteiger partial charge in [0.2, 0.25) is 5.95 Å². The van der Waals surface area contributed by atoms with Gasteiger partial charge in [-0.2, -0.15) is 4.98 Å². The quantitative estimate of drug-likeness (QED) is 0.812. The number of anilines is 2. The highest BCUT2D eigenvalue weighted by molar-refractivity contribution is 5.42. The highest BCUT2D eigenvalue weighted by atomic mass is 16.1. The maximum Gasteiger partial charge on any atom is 0.254 e. The van der Waals surface area contributed by atoms with Crippen molar-refractivity contribution in [2.24, 2.45) is 0 Å². The van der Waals surface area contributed by atoms with E-state index >= 15 is 0 Å². The number of H-pyrrole nitrogens is 1. The van der Waals surface area contributed by atoms with Gasteiger partial charge in [0, 0.05) is 30.3 Å². The summed E-state index contributed by atoms with van der Waals surface area (Å²) >= 11 is 0. The van der Waals surface area contributed by atoms with Crippen LogP contribution in [0, 0.1) is 6.92 Å². The van der Waals surface area contributed by atoms with E-state index in [2.05, 4.69) is 24.8 Å². The molecule has 7 heteroatoms. The Labute approximate surface area is 134 Å². The molecule has 1 saturated heterocycles. The van der Waals surface area contributed by atoms with Crippen molar-refractivity contribution in [1.29, 1.82) is 0 Å². The first kappa shape index (κ1) is 14.2. The van der Waals surface area contributed by atoms with E-state index in [9.17, 15) is 4.79 Å². The van der Waals surface area contributed by atoms with Crippen molar-refractivity contribution >= 4 is 11.8 Å². The van der Waals surface area contributed by atoms with E-state index in [0.717, 1.165) is 50.0 Å². The minimum Gasteiger partial charge on any atom is -0.384 e. The van der Waals surface area contributed by atoms with Crippen LogP contribution < -0.4 is 16.2 Å². The molecule has 1 unspecified atom stereocenters. The normalized spacial score (nSPS) is 23.3. The van der Waals surface area contributed by atoms with Crippen LogP contribution in [0.15, 0.2) is 17.1 Å². The number of nitrogens with two attached hydrogens (primary N) is 1. The van der Waals surface area contributed by atoms with Crippen molar-refractivity contribution in [3.05, 3.63) is 39.7 Å². The third kappa shape index (κ3) is 2.27. The summed E-state index contributed by atoms with van der Waals surface area (Å²) in [6.07, 6.45) is 5.53. The third-order valence-electron chi connectivity index (χ3n) is 5.01. The van der Waals surface area contributed by atoms with Crippen molar-refractivity contribution in [2.45, 2.75) is 38.0 Å². The van der Waals surface area contributed by atoms with Gasteiger partial charge in [-0.25, -0.2) is 9.97 Å². The summed E-state index contributed by atoms with van der Waals surface area (Å²) in [6.45, 7) is 3.54. The molecule has 2 aliphatic rings. The molecule has 1 fully saturated rings. The van der Waals surface area contributed by atoms with Gasteiger partial charge in [0.05, 0.1) is 5.69 Å². The topological polar surface area (TPSA) is 101 Å². The van der Waals surface area contributed by atoms with Gasteiger partial charge in [-0.15, -0.1) is 0 Å². The summed E-state index contributed by atoms with van der Waals surface area (Å²) < 4.78 is 0. The van der Waals surface area contributed by atoms with Crippen LogP contribution >= 0.6 is 0 Å². The van der Waals surface area contributed by atoms with E-state index in [-0.39, 0.29) is 11.0 Å². The highest BCUT2D eigenvalue weighted by Gasteiger charge is 2.45. The first-order valence-electron chi connectivity index (χ1n) is 8.01. The van der Waals surface area contributed by atoms with Gasteiger partial charge in [0.15, 0.2) is 0 Å². The molecule has 2 aromatic rings. The number of aromatic amines is 1. The zero-order valence-electron chi connectivity index (χ0n) is 13.2. The predicted octanol–water partition coefficient (Wildman–Crippen LogP) is 0.935. The first-order valence-corrected chi connectivity index (χ1v) is 8.01. The molecule has 1 aliphatic carbocycles. The van der Waals surface area contributed by atoms with Crippen LogP contribution in [0.4, 0.5) is 11.8 Å². The predicted molar refractivity (Wildman–Crippen MR) is 87.5 cm³/mol. The molecule has 7 nitrogen and oxygen atoms in total. The zero-order chi connectivity index (χ0) is 16.0. The molecular weight excluding hydrogens is 292 g/mol. The van der Waals surface area contributed by atoms with E-state index in [4.69, 9.17) is 5.73 Å². The van der Waals surface area contributed by atoms with E-state index in [1.807, 2.05) is 6.92 Å². The smallest absolute Gasteiger partial charge is 0.254 e. The molecule has 2 aromatic heterocycles. The Hall–Kier alpha value is -2.44. The molecule has 0 amide bonds. The fourth-order valence-corrected chi connectivity index (χ4v) is 3.98. The van der Waals surface area contributed by atoms with Gasteiger partial charge >= 0.3 is 0 Å². The molecule has 0 bridgehead atoms. The average molecular weight is 312 g/mol. The molecule has 3 N–H and O–H groups in total. The van der Waals surface area contributed by atoms with Gasteiger partial charge in [0.25, 0.3) is 5.56 Å². The lowest BCUT2D eigenvalue weighted by atomic mass is 9.77. The Kier molecular flexibility index (Phi) is 3.11. The number of nitrogens with one attached hydrogen (secondary N) is 1. The lowest BCUT2D eigenvalue weighted by molar-refractivity contribution is 0.331. The summed E-state index contributed by atoms with van der Waals surface area (Å²) in [4.78, 5) is 30.6. The number of rotatable bonds is 1. The number of fused-ring (bicyclic) bond motifs is 2. The molecular formula is C16H20N6O. The molecule has 23 heavy (non-hydrogen) atoms. The van der Waals surface area contributed by atoms with Crippen LogP contribution in [0.3, 0.4) is 0 Å². The second kappa shape index (κ2) is 5.04. The summed E-state index contributed by atoms with van der Waals surface area (Å²) in [5, 5.41) is 0. The van der Waals surface area contributed by atoms with Gasteiger partial charge in [-0.3, -0.25) is 4.79 Å². The van der Waals surface area contributed by atoms with Gasteiger partial charge in [0.1, 0.15) is 11.6 Å². The van der Waals surface area contributed by atoms with E-state index in [0.29, 0.717) is 17.6 Å². The number of nitrogens with zero attached hydrogens (tertiary/aromatic N) is 4. The summed E-state index contributed by atoms with van der Waals surface area (Å²) in [6, 6.07) is 1.69. The molecule has 1 aliphatic heterocycles. The fourth-order valence-electron chi connectivity index (χ4n) is 3.98. The second-order valence-corrected chi connectivity index (χ2v) is 6.57. The largest absolute Gasteiger partial charge is 0.384 e. The number of hydrogen-bond donors (Lipinski definition) is 2. The van der Waals surface area contributed by atoms with Gasteiger partial charge in [-0.1, -0.05) is 0 Å². The standard InChI is InChI=1S/C16H20N6O/c1-10-19-13-11(14(23)20-10)3-6-16(13)5-2-8-22(9-16)15-18-7-4-12(17)21-15/h4,7H,2-3,5-6,8-9H2,1H3,(H2,17,18,21)(H,19,20,23). The SMILES string of the molecule is Cc1nc2c(c(=O)[nH]1)CCC21CCCN(c2nccc(N)n2)C1. The molecule has 4 rings (SSSR count). The van der Waals surface area contributed by atoms with Gasteiger partial charge in [-0.05, 0) is 38.7 Å². The Morgan fingerprint density at radius 3 is 3.04 bits per heavy atom. The Morgan fingerprint density at radius 1 is 1.35 bits per heavy atom. The second-order valence-electron chi connectivity index (χ2n) is 6.57. The number of aryl methyl sites for hydroxylation is 1. The van der Waals surface area contributed by atoms with Crippen LogP contribution in [-0.2, 0) is 11.8 Å².